The number of hydrogen-bond donors (Lipinski definition) is 1. The fourth-order valence-corrected chi connectivity index (χ4v) is 3.62. The van der Waals surface area contributed by atoms with Gasteiger partial charge in [-0.1, -0.05) is 49.4 Å². The summed E-state index contributed by atoms with van der Waals surface area (Å²) in [7, 11) is 2.03. The van der Waals surface area contributed by atoms with E-state index in [1.165, 1.54) is 16.7 Å². The number of nitrogens with one attached hydrogen (secondary N) is 1. The van der Waals surface area contributed by atoms with Crippen molar-refractivity contribution in [2.24, 2.45) is 0 Å². The molecule has 144 valence electrons. The SMILES string of the molecule is CCCOc1ccccc1CCCNC(=O)[C@H]1Cc2ccccc2CN1C. The Morgan fingerprint density at radius 2 is 1.89 bits per heavy atom. The van der Waals surface area contributed by atoms with Gasteiger partial charge in [-0.05, 0) is 55.5 Å². The number of ether oxygens (including phenoxy) is 1. The van der Waals surface area contributed by atoms with Gasteiger partial charge < -0.3 is 10.1 Å². The molecule has 4 nitrogen and oxygen atoms in total. The molecular formula is C23H30N2O2. The molecule has 0 unspecified atom stereocenters. The number of para-hydroxylation sites is 1. The molecule has 0 aliphatic carbocycles. The molecule has 1 heterocycles. The van der Waals surface area contributed by atoms with Crippen LogP contribution in [0.1, 0.15) is 36.5 Å². The predicted octanol–water partition coefficient (Wildman–Crippen LogP) is 3.58. The smallest absolute Gasteiger partial charge is 0.237 e. The molecule has 0 fully saturated rings. The fraction of sp³-hybridized carbons (Fsp3) is 0.435. The first-order valence-electron chi connectivity index (χ1n) is 9.94. The average molecular weight is 367 g/mol. The molecule has 0 radical (unpaired) electrons. The minimum atomic E-state index is -0.0833. The minimum absolute atomic E-state index is 0.0833. The number of hydrogen-bond acceptors (Lipinski definition) is 3. The van der Waals surface area contributed by atoms with Gasteiger partial charge in [0.05, 0.1) is 12.6 Å². The minimum Gasteiger partial charge on any atom is -0.493 e. The second-order valence-electron chi connectivity index (χ2n) is 7.25. The first-order chi connectivity index (χ1) is 13.2. The summed E-state index contributed by atoms with van der Waals surface area (Å²) in [5.74, 6) is 1.09. The van der Waals surface area contributed by atoms with Crippen LogP contribution in [0, 0.1) is 0 Å². The third-order valence-electron chi connectivity index (χ3n) is 5.14. The Bertz CT molecular complexity index is 760. The summed E-state index contributed by atoms with van der Waals surface area (Å²) < 4.78 is 5.81. The van der Waals surface area contributed by atoms with Gasteiger partial charge in [0.25, 0.3) is 0 Å². The van der Waals surface area contributed by atoms with E-state index in [1.807, 2.05) is 25.2 Å². The Morgan fingerprint density at radius 3 is 2.70 bits per heavy atom. The van der Waals surface area contributed by atoms with E-state index in [-0.39, 0.29) is 11.9 Å². The van der Waals surface area contributed by atoms with E-state index >= 15 is 0 Å². The molecule has 0 saturated carbocycles. The molecular weight excluding hydrogens is 336 g/mol. The largest absolute Gasteiger partial charge is 0.493 e. The molecule has 0 saturated heterocycles. The molecule has 2 aromatic carbocycles. The Labute approximate surface area is 162 Å². The highest BCUT2D eigenvalue weighted by atomic mass is 16.5. The highest BCUT2D eigenvalue weighted by molar-refractivity contribution is 5.82. The van der Waals surface area contributed by atoms with Crippen molar-refractivity contribution in [3.8, 4) is 5.75 Å². The van der Waals surface area contributed by atoms with Crippen LogP contribution in [-0.4, -0.2) is 37.0 Å². The van der Waals surface area contributed by atoms with Crippen molar-refractivity contribution in [3.63, 3.8) is 0 Å². The molecule has 1 N–H and O–H groups in total. The van der Waals surface area contributed by atoms with E-state index in [2.05, 4.69) is 47.5 Å². The lowest BCUT2D eigenvalue weighted by atomic mass is 9.94. The van der Waals surface area contributed by atoms with Crippen molar-refractivity contribution in [3.05, 3.63) is 65.2 Å². The second-order valence-corrected chi connectivity index (χ2v) is 7.25. The van der Waals surface area contributed by atoms with Crippen LogP contribution in [0.2, 0.25) is 0 Å². The highest BCUT2D eigenvalue weighted by Gasteiger charge is 2.28. The summed E-state index contributed by atoms with van der Waals surface area (Å²) in [5.41, 5.74) is 3.83. The van der Waals surface area contributed by atoms with Crippen LogP contribution < -0.4 is 10.1 Å². The van der Waals surface area contributed by atoms with Gasteiger partial charge >= 0.3 is 0 Å². The van der Waals surface area contributed by atoms with Crippen LogP contribution >= 0.6 is 0 Å². The van der Waals surface area contributed by atoms with E-state index < -0.39 is 0 Å². The zero-order chi connectivity index (χ0) is 19.1. The van der Waals surface area contributed by atoms with Crippen LogP contribution in [0.15, 0.2) is 48.5 Å². The maximum Gasteiger partial charge on any atom is 0.237 e. The van der Waals surface area contributed by atoms with E-state index in [4.69, 9.17) is 4.74 Å². The first kappa shape index (κ1) is 19.4. The fourth-order valence-electron chi connectivity index (χ4n) is 3.62. The van der Waals surface area contributed by atoms with Crippen LogP contribution in [0.4, 0.5) is 0 Å². The zero-order valence-corrected chi connectivity index (χ0v) is 16.4. The molecule has 0 aromatic heterocycles. The number of nitrogens with zero attached hydrogens (tertiary/aromatic N) is 1. The van der Waals surface area contributed by atoms with Crippen molar-refractivity contribution < 1.29 is 9.53 Å². The summed E-state index contributed by atoms with van der Waals surface area (Å²) >= 11 is 0. The van der Waals surface area contributed by atoms with Crippen LogP contribution in [0.25, 0.3) is 0 Å². The van der Waals surface area contributed by atoms with E-state index in [9.17, 15) is 4.79 Å². The van der Waals surface area contributed by atoms with E-state index in [0.29, 0.717) is 6.54 Å². The molecule has 1 aliphatic heterocycles. The van der Waals surface area contributed by atoms with Crippen molar-refractivity contribution in [1.29, 1.82) is 0 Å². The molecule has 4 heteroatoms. The lowest BCUT2D eigenvalue weighted by Gasteiger charge is -2.33. The average Bonchev–Trinajstić information content (AvgIpc) is 2.69. The Balaban J connectivity index is 1.48. The number of aryl methyl sites for hydroxylation is 1. The molecule has 1 atom stereocenters. The van der Waals surface area contributed by atoms with Crippen molar-refractivity contribution in [1.82, 2.24) is 10.2 Å². The van der Waals surface area contributed by atoms with Crippen LogP contribution in [0.5, 0.6) is 5.75 Å². The second kappa shape index (κ2) is 9.56. The highest BCUT2D eigenvalue weighted by Crippen LogP contribution is 2.22. The van der Waals surface area contributed by atoms with Gasteiger partial charge in [-0.3, -0.25) is 9.69 Å². The van der Waals surface area contributed by atoms with Gasteiger partial charge in [-0.25, -0.2) is 0 Å². The van der Waals surface area contributed by atoms with Crippen LogP contribution in [0.3, 0.4) is 0 Å². The Kier molecular flexibility index (Phi) is 6.88. The lowest BCUT2D eigenvalue weighted by Crippen LogP contribution is -2.48. The number of carbonyl (C=O) groups is 1. The van der Waals surface area contributed by atoms with Gasteiger partial charge in [0.15, 0.2) is 0 Å². The quantitative estimate of drug-likeness (QED) is 0.726. The molecule has 0 spiro atoms. The number of carbonyl (C=O) groups excluding carboxylic acids is 1. The van der Waals surface area contributed by atoms with Gasteiger partial charge in [-0.2, -0.15) is 0 Å². The van der Waals surface area contributed by atoms with Gasteiger partial charge in [0.1, 0.15) is 5.75 Å². The van der Waals surface area contributed by atoms with Crippen LogP contribution in [-0.2, 0) is 24.2 Å². The normalized spacial score (nSPS) is 16.6. The van der Waals surface area contributed by atoms with Crippen molar-refractivity contribution >= 4 is 5.91 Å². The maximum absolute atomic E-state index is 12.7. The molecule has 1 aliphatic rings. The zero-order valence-electron chi connectivity index (χ0n) is 16.4. The van der Waals surface area contributed by atoms with Gasteiger partial charge in [-0.15, -0.1) is 0 Å². The monoisotopic (exact) mass is 366 g/mol. The number of rotatable bonds is 8. The summed E-state index contributed by atoms with van der Waals surface area (Å²) in [6.45, 7) is 4.37. The number of amides is 1. The molecule has 27 heavy (non-hydrogen) atoms. The summed E-state index contributed by atoms with van der Waals surface area (Å²) in [5, 5.41) is 3.13. The van der Waals surface area contributed by atoms with E-state index in [0.717, 1.165) is 44.6 Å². The third kappa shape index (κ3) is 5.10. The number of likely N-dealkylation sites (N-methyl/N-ethyl adjacent to an activating group) is 1. The summed E-state index contributed by atoms with van der Waals surface area (Å²) in [6, 6.07) is 16.5. The summed E-state index contributed by atoms with van der Waals surface area (Å²) in [4.78, 5) is 14.8. The van der Waals surface area contributed by atoms with Gasteiger partial charge in [0.2, 0.25) is 5.91 Å². The first-order valence-corrected chi connectivity index (χ1v) is 9.94. The predicted molar refractivity (Wildman–Crippen MR) is 109 cm³/mol. The number of benzene rings is 2. The molecule has 0 bridgehead atoms. The Hall–Kier alpha value is -2.33. The number of fused-ring (bicyclic) bond motifs is 1. The lowest BCUT2D eigenvalue weighted by molar-refractivity contribution is -0.126. The van der Waals surface area contributed by atoms with E-state index in [1.54, 1.807) is 0 Å². The van der Waals surface area contributed by atoms with Crippen molar-refractivity contribution in [2.75, 3.05) is 20.2 Å². The molecule has 3 rings (SSSR count). The van der Waals surface area contributed by atoms with Crippen molar-refractivity contribution in [2.45, 2.75) is 45.2 Å². The third-order valence-corrected chi connectivity index (χ3v) is 5.14. The van der Waals surface area contributed by atoms with Gasteiger partial charge in [0, 0.05) is 13.1 Å². The standard InChI is InChI=1S/C23H30N2O2/c1-3-15-27-22-13-7-6-9-18(22)12-8-14-24-23(26)21-16-19-10-4-5-11-20(19)17-25(21)2/h4-7,9-11,13,21H,3,8,12,14-17H2,1-2H3,(H,24,26)/t21-/m1/s1. The topological polar surface area (TPSA) is 41.6 Å². The molecule has 1 amide bonds. The molecule has 2 aromatic rings. The Morgan fingerprint density at radius 1 is 1.15 bits per heavy atom. The maximum atomic E-state index is 12.7. The summed E-state index contributed by atoms with van der Waals surface area (Å²) in [6.07, 6.45) is 3.60.